The first kappa shape index (κ1) is 12.8. The molecule has 2 aromatic heterocycles. The van der Waals surface area contributed by atoms with E-state index < -0.39 is 0 Å². The molecule has 0 aliphatic heterocycles. The third kappa shape index (κ3) is 3.43. The second-order valence-corrected chi connectivity index (χ2v) is 4.48. The minimum Gasteiger partial charge on any atom is -0.370 e. The van der Waals surface area contributed by atoms with Crippen LogP contribution in [0, 0.1) is 13.8 Å². The summed E-state index contributed by atoms with van der Waals surface area (Å²) in [6.45, 7) is 5.79. The van der Waals surface area contributed by atoms with E-state index in [1.54, 1.807) is 12.3 Å². The van der Waals surface area contributed by atoms with Crippen molar-refractivity contribution in [1.29, 1.82) is 0 Å². The first-order chi connectivity index (χ1) is 8.65. The summed E-state index contributed by atoms with van der Waals surface area (Å²) in [5, 5.41) is 7.88. The molecule has 18 heavy (non-hydrogen) atoms. The van der Waals surface area contributed by atoms with Crippen LogP contribution in [0.4, 0.5) is 5.82 Å². The Balaban J connectivity index is 1.78. The number of nitrogens with one attached hydrogen (secondary N) is 1. The largest absolute Gasteiger partial charge is 0.370 e. The van der Waals surface area contributed by atoms with E-state index in [0.717, 1.165) is 31.0 Å². The molecule has 6 heteroatoms. The molecule has 0 radical (unpaired) electrons. The van der Waals surface area contributed by atoms with Gasteiger partial charge in [-0.25, -0.2) is 9.97 Å². The number of hydrogen-bond acceptors (Lipinski definition) is 4. The van der Waals surface area contributed by atoms with E-state index in [9.17, 15) is 0 Å². The first-order valence-electron chi connectivity index (χ1n) is 5.88. The molecule has 0 bridgehead atoms. The minimum absolute atomic E-state index is 0.263. The SMILES string of the molecule is Cc1cc(C)n(CCCNc2ccnc(Cl)n2)n1. The van der Waals surface area contributed by atoms with Crippen LogP contribution in [0.2, 0.25) is 5.28 Å². The van der Waals surface area contributed by atoms with Gasteiger partial charge < -0.3 is 5.32 Å². The highest BCUT2D eigenvalue weighted by atomic mass is 35.5. The lowest BCUT2D eigenvalue weighted by Crippen LogP contribution is -2.09. The standard InChI is InChI=1S/C12H16ClN5/c1-9-8-10(2)18(17-9)7-3-5-14-11-4-6-15-12(13)16-11/h4,6,8H,3,5,7H2,1-2H3,(H,14,15,16). The molecule has 0 atom stereocenters. The van der Waals surface area contributed by atoms with Gasteiger partial charge in [0, 0.05) is 25.0 Å². The van der Waals surface area contributed by atoms with Gasteiger partial charge in [-0.2, -0.15) is 5.10 Å². The molecule has 0 fully saturated rings. The average Bonchev–Trinajstić information content (AvgIpc) is 2.64. The molecule has 96 valence electrons. The summed E-state index contributed by atoms with van der Waals surface area (Å²) < 4.78 is 2.02. The maximum atomic E-state index is 5.70. The Labute approximate surface area is 111 Å². The lowest BCUT2D eigenvalue weighted by molar-refractivity contribution is 0.573. The summed E-state index contributed by atoms with van der Waals surface area (Å²) in [6, 6.07) is 3.88. The summed E-state index contributed by atoms with van der Waals surface area (Å²) in [7, 11) is 0. The molecule has 2 heterocycles. The third-order valence-corrected chi connectivity index (χ3v) is 2.76. The van der Waals surface area contributed by atoms with Gasteiger partial charge in [0.25, 0.3) is 0 Å². The Hall–Kier alpha value is -1.62. The maximum absolute atomic E-state index is 5.70. The normalized spacial score (nSPS) is 10.6. The summed E-state index contributed by atoms with van der Waals surface area (Å²) in [5.41, 5.74) is 2.25. The van der Waals surface area contributed by atoms with Gasteiger partial charge in [-0.05, 0) is 44.0 Å². The minimum atomic E-state index is 0.263. The lowest BCUT2D eigenvalue weighted by Gasteiger charge is -2.06. The zero-order valence-electron chi connectivity index (χ0n) is 10.5. The number of rotatable bonds is 5. The highest BCUT2D eigenvalue weighted by molar-refractivity contribution is 6.28. The molecule has 0 unspecified atom stereocenters. The van der Waals surface area contributed by atoms with E-state index in [1.807, 2.05) is 11.6 Å². The zero-order valence-corrected chi connectivity index (χ0v) is 11.3. The van der Waals surface area contributed by atoms with E-state index in [1.165, 1.54) is 5.69 Å². The van der Waals surface area contributed by atoms with Gasteiger partial charge in [-0.1, -0.05) is 0 Å². The molecule has 1 N–H and O–H groups in total. The second-order valence-electron chi connectivity index (χ2n) is 4.14. The molecule has 0 aliphatic carbocycles. The summed E-state index contributed by atoms with van der Waals surface area (Å²) >= 11 is 5.70. The van der Waals surface area contributed by atoms with Crippen LogP contribution in [-0.2, 0) is 6.54 Å². The summed E-state index contributed by atoms with van der Waals surface area (Å²) in [5.74, 6) is 0.753. The number of aryl methyl sites for hydroxylation is 3. The molecule has 2 rings (SSSR count). The van der Waals surface area contributed by atoms with E-state index in [-0.39, 0.29) is 5.28 Å². The van der Waals surface area contributed by atoms with Crippen molar-refractivity contribution in [3.63, 3.8) is 0 Å². The van der Waals surface area contributed by atoms with Crippen molar-refractivity contribution < 1.29 is 0 Å². The molecular weight excluding hydrogens is 250 g/mol. The Morgan fingerprint density at radius 2 is 2.22 bits per heavy atom. The molecule has 2 aromatic rings. The quantitative estimate of drug-likeness (QED) is 0.666. The van der Waals surface area contributed by atoms with Crippen LogP contribution < -0.4 is 5.32 Å². The molecule has 0 saturated carbocycles. The van der Waals surface area contributed by atoms with Gasteiger partial charge in [-0.15, -0.1) is 0 Å². The van der Waals surface area contributed by atoms with E-state index in [0.29, 0.717) is 0 Å². The monoisotopic (exact) mass is 265 g/mol. The second kappa shape index (κ2) is 5.82. The molecular formula is C12H16ClN5. The fourth-order valence-corrected chi connectivity index (χ4v) is 1.93. The van der Waals surface area contributed by atoms with Crippen molar-refractivity contribution >= 4 is 17.4 Å². The third-order valence-electron chi connectivity index (χ3n) is 2.58. The number of aromatic nitrogens is 4. The Morgan fingerprint density at radius 1 is 1.39 bits per heavy atom. The lowest BCUT2D eigenvalue weighted by atomic mass is 10.4. The van der Waals surface area contributed by atoms with Gasteiger partial charge in [-0.3, -0.25) is 4.68 Å². The number of halogens is 1. The van der Waals surface area contributed by atoms with Crippen LogP contribution in [0.15, 0.2) is 18.3 Å². The van der Waals surface area contributed by atoms with Crippen LogP contribution >= 0.6 is 11.6 Å². The van der Waals surface area contributed by atoms with E-state index >= 15 is 0 Å². The predicted octanol–water partition coefficient (Wildman–Crippen LogP) is 2.45. The number of anilines is 1. The van der Waals surface area contributed by atoms with Crippen molar-refractivity contribution in [2.75, 3.05) is 11.9 Å². The summed E-state index contributed by atoms with van der Waals surface area (Å²) in [6.07, 6.45) is 2.61. The van der Waals surface area contributed by atoms with Gasteiger partial charge in [0.1, 0.15) is 5.82 Å². The van der Waals surface area contributed by atoms with Crippen LogP contribution in [-0.4, -0.2) is 26.3 Å². The molecule has 0 spiro atoms. The van der Waals surface area contributed by atoms with Crippen LogP contribution in [0.3, 0.4) is 0 Å². The van der Waals surface area contributed by atoms with E-state index in [4.69, 9.17) is 11.6 Å². The van der Waals surface area contributed by atoms with Gasteiger partial charge in [0.05, 0.1) is 5.69 Å². The maximum Gasteiger partial charge on any atom is 0.224 e. The molecule has 0 aliphatic rings. The van der Waals surface area contributed by atoms with Crippen LogP contribution in [0.25, 0.3) is 0 Å². The molecule has 0 saturated heterocycles. The topological polar surface area (TPSA) is 55.6 Å². The van der Waals surface area contributed by atoms with Crippen LogP contribution in [0.1, 0.15) is 17.8 Å². The highest BCUT2D eigenvalue weighted by Gasteiger charge is 2.00. The van der Waals surface area contributed by atoms with Gasteiger partial charge >= 0.3 is 0 Å². The Morgan fingerprint density at radius 3 is 2.89 bits per heavy atom. The van der Waals surface area contributed by atoms with Gasteiger partial charge in [0.2, 0.25) is 5.28 Å². The van der Waals surface area contributed by atoms with Crippen LogP contribution in [0.5, 0.6) is 0 Å². The van der Waals surface area contributed by atoms with Crippen molar-refractivity contribution in [3.8, 4) is 0 Å². The fraction of sp³-hybridized carbons (Fsp3) is 0.417. The Bertz CT molecular complexity index is 523. The van der Waals surface area contributed by atoms with E-state index in [2.05, 4.69) is 33.4 Å². The summed E-state index contributed by atoms with van der Waals surface area (Å²) in [4.78, 5) is 7.89. The molecule has 0 amide bonds. The predicted molar refractivity (Wildman–Crippen MR) is 71.8 cm³/mol. The van der Waals surface area contributed by atoms with Crippen molar-refractivity contribution in [3.05, 3.63) is 35.0 Å². The zero-order chi connectivity index (χ0) is 13.0. The highest BCUT2D eigenvalue weighted by Crippen LogP contribution is 2.06. The van der Waals surface area contributed by atoms with Crippen molar-refractivity contribution in [1.82, 2.24) is 19.7 Å². The smallest absolute Gasteiger partial charge is 0.224 e. The Kier molecular flexibility index (Phi) is 4.15. The first-order valence-corrected chi connectivity index (χ1v) is 6.26. The molecule has 0 aromatic carbocycles. The van der Waals surface area contributed by atoms with Crippen molar-refractivity contribution in [2.45, 2.75) is 26.8 Å². The fourth-order valence-electron chi connectivity index (χ4n) is 1.78. The average molecular weight is 266 g/mol. The number of nitrogens with zero attached hydrogens (tertiary/aromatic N) is 4. The number of hydrogen-bond donors (Lipinski definition) is 1. The van der Waals surface area contributed by atoms with Gasteiger partial charge in [0.15, 0.2) is 0 Å². The molecule has 5 nitrogen and oxygen atoms in total. The van der Waals surface area contributed by atoms with Crippen molar-refractivity contribution in [2.24, 2.45) is 0 Å².